The van der Waals surface area contributed by atoms with Gasteiger partial charge in [-0.3, -0.25) is 5.41 Å². The number of guanidine groups is 2. The maximum Gasteiger partial charge on any atom is 0.220 e. The highest BCUT2D eigenvalue weighted by atomic mass is 15.2. The van der Waals surface area contributed by atoms with Crippen LogP contribution in [0.4, 0.5) is 0 Å². The summed E-state index contributed by atoms with van der Waals surface area (Å²) >= 11 is 0. The molecule has 0 aliphatic heterocycles. The van der Waals surface area contributed by atoms with E-state index in [9.17, 15) is 0 Å². The highest BCUT2D eigenvalue weighted by Gasteiger charge is 2.00. The molecule has 0 aliphatic carbocycles. The fourth-order valence-corrected chi connectivity index (χ4v) is 0.598. The summed E-state index contributed by atoms with van der Waals surface area (Å²) in [7, 11) is 1.75. The average Bonchev–Trinajstić information content (AvgIpc) is 1.98. The molecule has 0 saturated carbocycles. The number of nitrogens with two attached hydrogens (primary N) is 2. The first-order chi connectivity index (χ1) is 5.57. The van der Waals surface area contributed by atoms with Crippen LogP contribution in [0.2, 0.25) is 0 Å². The fraction of sp³-hybridized carbons (Fsp3) is 0.429. The van der Waals surface area contributed by atoms with Gasteiger partial charge in [0.1, 0.15) is 0 Å². The third-order valence-electron chi connectivity index (χ3n) is 1.27. The zero-order valence-corrected chi connectivity index (χ0v) is 7.25. The van der Waals surface area contributed by atoms with Gasteiger partial charge in [-0.2, -0.15) is 4.99 Å². The van der Waals surface area contributed by atoms with E-state index in [0.29, 0.717) is 6.54 Å². The summed E-state index contributed by atoms with van der Waals surface area (Å²) in [5, 5.41) is 7.35. The lowest BCUT2D eigenvalue weighted by molar-refractivity contribution is 0.504. The highest BCUT2D eigenvalue weighted by Crippen LogP contribution is 1.90. The molecule has 68 valence electrons. The molecule has 0 radical (unpaired) electrons. The van der Waals surface area contributed by atoms with Crippen LogP contribution in [-0.4, -0.2) is 30.4 Å². The van der Waals surface area contributed by atoms with E-state index in [4.69, 9.17) is 16.9 Å². The maximum absolute atomic E-state index is 7.35. The van der Waals surface area contributed by atoms with Gasteiger partial charge in [-0.15, -0.1) is 6.58 Å². The normalized spacial score (nSPS) is 8.75. The van der Waals surface area contributed by atoms with Crippen LogP contribution < -0.4 is 11.5 Å². The molecule has 0 spiro atoms. The topological polar surface area (TPSA) is 91.5 Å². The number of rotatable bonds is 3. The van der Waals surface area contributed by atoms with E-state index in [0.717, 1.165) is 6.42 Å². The Labute approximate surface area is 72.3 Å². The Kier molecular flexibility index (Phi) is 4.52. The van der Waals surface area contributed by atoms with Crippen molar-refractivity contribution in [3.63, 3.8) is 0 Å². The predicted octanol–water partition coefficient (Wildman–Crippen LogP) is -0.298. The quantitative estimate of drug-likeness (QED) is 0.308. The van der Waals surface area contributed by atoms with Crippen LogP contribution in [0.15, 0.2) is 17.6 Å². The van der Waals surface area contributed by atoms with Gasteiger partial charge in [0, 0.05) is 13.6 Å². The average molecular weight is 169 g/mol. The van der Waals surface area contributed by atoms with Crippen LogP contribution in [0.25, 0.3) is 0 Å². The Balaban J connectivity index is 3.93. The van der Waals surface area contributed by atoms with Crippen LogP contribution in [0.3, 0.4) is 0 Å². The SMILES string of the molecule is C=CCCN(C)C(=N)N=C(N)N. The third kappa shape index (κ3) is 4.32. The Hall–Kier alpha value is -1.52. The predicted molar refractivity (Wildman–Crippen MR) is 51.0 cm³/mol. The minimum absolute atomic E-state index is 0.0665. The molecule has 5 N–H and O–H groups in total. The lowest BCUT2D eigenvalue weighted by atomic mass is 10.4. The highest BCUT2D eigenvalue weighted by molar-refractivity contribution is 5.91. The zero-order valence-electron chi connectivity index (χ0n) is 7.25. The number of aliphatic imine (C=N–C) groups is 1. The van der Waals surface area contributed by atoms with Crippen molar-refractivity contribution in [2.24, 2.45) is 16.5 Å². The van der Waals surface area contributed by atoms with Gasteiger partial charge in [0.15, 0.2) is 5.96 Å². The molecule has 0 unspecified atom stereocenters. The largest absolute Gasteiger partial charge is 0.370 e. The smallest absolute Gasteiger partial charge is 0.220 e. The van der Waals surface area contributed by atoms with Gasteiger partial charge in [-0.05, 0) is 6.42 Å². The number of nitrogens with one attached hydrogen (secondary N) is 1. The maximum atomic E-state index is 7.35. The number of hydrogen-bond donors (Lipinski definition) is 3. The van der Waals surface area contributed by atoms with E-state index in [1.54, 1.807) is 18.0 Å². The van der Waals surface area contributed by atoms with E-state index < -0.39 is 0 Å². The van der Waals surface area contributed by atoms with Crippen molar-refractivity contribution in [2.75, 3.05) is 13.6 Å². The van der Waals surface area contributed by atoms with Gasteiger partial charge in [-0.1, -0.05) is 6.08 Å². The summed E-state index contributed by atoms with van der Waals surface area (Å²) in [6.07, 6.45) is 2.58. The van der Waals surface area contributed by atoms with Gasteiger partial charge in [0.2, 0.25) is 5.96 Å². The molecule has 0 aromatic heterocycles. The first-order valence-electron chi connectivity index (χ1n) is 3.58. The van der Waals surface area contributed by atoms with Gasteiger partial charge in [0.05, 0.1) is 0 Å². The second-order valence-corrected chi connectivity index (χ2v) is 2.36. The van der Waals surface area contributed by atoms with Crippen molar-refractivity contribution < 1.29 is 0 Å². The molecule has 0 bridgehead atoms. The standard InChI is InChI=1S/C7H15N5/c1-3-4-5-12(2)7(10)11-6(8)9/h3H,1,4-5H2,2H3,(H5,8,9,10,11). The molecule has 0 amide bonds. The van der Waals surface area contributed by atoms with Crippen molar-refractivity contribution in [3.8, 4) is 0 Å². The Bertz CT molecular complexity index is 192. The second-order valence-electron chi connectivity index (χ2n) is 2.36. The summed E-state index contributed by atoms with van der Waals surface area (Å²) in [5.41, 5.74) is 10.2. The van der Waals surface area contributed by atoms with E-state index in [1.165, 1.54) is 0 Å². The lowest BCUT2D eigenvalue weighted by Crippen LogP contribution is -2.31. The van der Waals surface area contributed by atoms with Crippen LogP contribution in [0, 0.1) is 5.41 Å². The minimum atomic E-state index is -0.0922. The van der Waals surface area contributed by atoms with Gasteiger partial charge < -0.3 is 16.4 Å². The summed E-state index contributed by atoms with van der Waals surface area (Å²) < 4.78 is 0. The molecule has 0 atom stereocenters. The monoisotopic (exact) mass is 169 g/mol. The molecule has 5 nitrogen and oxygen atoms in total. The van der Waals surface area contributed by atoms with E-state index in [-0.39, 0.29) is 11.9 Å². The van der Waals surface area contributed by atoms with Crippen LogP contribution in [0.5, 0.6) is 0 Å². The van der Waals surface area contributed by atoms with E-state index in [1.807, 2.05) is 0 Å². The van der Waals surface area contributed by atoms with Gasteiger partial charge in [0.25, 0.3) is 0 Å². The zero-order chi connectivity index (χ0) is 9.56. The van der Waals surface area contributed by atoms with Gasteiger partial charge >= 0.3 is 0 Å². The minimum Gasteiger partial charge on any atom is -0.370 e. The van der Waals surface area contributed by atoms with Crippen molar-refractivity contribution >= 4 is 11.9 Å². The van der Waals surface area contributed by atoms with E-state index >= 15 is 0 Å². The number of nitrogens with zero attached hydrogens (tertiary/aromatic N) is 2. The van der Waals surface area contributed by atoms with Crippen molar-refractivity contribution in [1.82, 2.24) is 4.90 Å². The molecule has 5 heteroatoms. The molecule has 0 rings (SSSR count). The van der Waals surface area contributed by atoms with Gasteiger partial charge in [-0.25, -0.2) is 0 Å². The Morgan fingerprint density at radius 3 is 2.67 bits per heavy atom. The van der Waals surface area contributed by atoms with Crippen molar-refractivity contribution in [3.05, 3.63) is 12.7 Å². The molecule has 0 fully saturated rings. The molecule has 0 aliphatic rings. The fourth-order valence-electron chi connectivity index (χ4n) is 0.598. The Morgan fingerprint density at radius 1 is 1.67 bits per heavy atom. The lowest BCUT2D eigenvalue weighted by Gasteiger charge is -2.14. The Morgan fingerprint density at radius 2 is 2.25 bits per heavy atom. The molecule has 0 aromatic rings. The molecule has 0 heterocycles. The van der Waals surface area contributed by atoms with Crippen LogP contribution >= 0.6 is 0 Å². The summed E-state index contributed by atoms with van der Waals surface area (Å²) in [6.45, 7) is 4.26. The molecule has 12 heavy (non-hydrogen) atoms. The second kappa shape index (κ2) is 5.17. The van der Waals surface area contributed by atoms with E-state index in [2.05, 4.69) is 11.6 Å². The first kappa shape index (κ1) is 10.5. The molecular formula is C7H15N5. The third-order valence-corrected chi connectivity index (χ3v) is 1.27. The summed E-state index contributed by atoms with van der Waals surface area (Å²) in [6, 6.07) is 0. The number of hydrogen-bond acceptors (Lipinski definition) is 1. The summed E-state index contributed by atoms with van der Waals surface area (Å²) in [4.78, 5) is 5.22. The van der Waals surface area contributed by atoms with Crippen molar-refractivity contribution in [2.45, 2.75) is 6.42 Å². The van der Waals surface area contributed by atoms with Crippen LogP contribution in [0.1, 0.15) is 6.42 Å². The first-order valence-corrected chi connectivity index (χ1v) is 3.58. The van der Waals surface area contributed by atoms with Crippen LogP contribution in [-0.2, 0) is 0 Å². The molecule has 0 aromatic carbocycles. The van der Waals surface area contributed by atoms with Crippen molar-refractivity contribution in [1.29, 1.82) is 5.41 Å². The molecular weight excluding hydrogens is 154 g/mol. The molecule has 0 saturated heterocycles. The summed E-state index contributed by atoms with van der Waals surface area (Å²) in [5.74, 6) is -0.0256.